The van der Waals surface area contributed by atoms with E-state index >= 15 is 0 Å². The molecule has 0 saturated heterocycles. The van der Waals surface area contributed by atoms with Gasteiger partial charge < -0.3 is 15.0 Å². The number of para-hydroxylation sites is 1. The molecule has 0 saturated carbocycles. The summed E-state index contributed by atoms with van der Waals surface area (Å²) in [5.74, 6) is 1.59. The van der Waals surface area contributed by atoms with E-state index in [4.69, 9.17) is 4.74 Å². The van der Waals surface area contributed by atoms with Crippen LogP contribution < -0.4 is 15.0 Å². The predicted molar refractivity (Wildman–Crippen MR) is 110 cm³/mol. The van der Waals surface area contributed by atoms with E-state index in [1.807, 2.05) is 42.5 Å². The van der Waals surface area contributed by atoms with Crippen molar-refractivity contribution in [3.63, 3.8) is 0 Å². The highest BCUT2D eigenvalue weighted by molar-refractivity contribution is 5.54. The maximum atomic E-state index is 5.80. The Kier molecular flexibility index (Phi) is 5.16. The number of anilines is 2. The van der Waals surface area contributed by atoms with E-state index in [0.717, 1.165) is 30.3 Å². The van der Waals surface area contributed by atoms with Gasteiger partial charge in [-0.1, -0.05) is 24.3 Å². The Morgan fingerprint density at radius 2 is 1.63 bits per heavy atom. The molecule has 0 amide bonds. The fourth-order valence-electron chi connectivity index (χ4n) is 2.92. The number of hydrogen-bond acceptors (Lipinski definition) is 4. The summed E-state index contributed by atoms with van der Waals surface area (Å²) in [4.78, 5) is 6.24. The number of nitrogens with one attached hydrogen (secondary N) is 1. The van der Waals surface area contributed by atoms with Crippen LogP contribution in [-0.4, -0.2) is 18.1 Å². The number of pyridine rings is 1. The maximum absolute atomic E-state index is 5.80. The van der Waals surface area contributed by atoms with Crippen LogP contribution in [0.2, 0.25) is 0 Å². The topological polar surface area (TPSA) is 37.4 Å². The average molecular weight is 355 g/mol. The van der Waals surface area contributed by atoms with Crippen molar-refractivity contribution in [1.29, 1.82) is 0 Å². The highest BCUT2D eigenvalue weighted by Crippen LogP contribution is 2.23. The number of rotatable bonds is 6. The third kappa shape index (κ3) is 4.55. The standard InChI is InChI=1S/C23H21N3O/c1-2-6-21(7-3-1)26-16-4-5-19(18-26)17-25-20-8-10-22(11-9-20)27-23-12-14-24-15-13-23/h1-16,25H,17-18H2. The maximum Gasteiger partial charge on any atom is 0.130 e. The lowest BCUT2D eigenvalue weighted by molar-refractivity contribution is 0.482. The van der Waals surface area contributed by atoms with Gasteiger partial charge in [-0.05, 0) is 60.2 Å². The number of nitrogens with zero attached hydrogens (tertiary/aromatic N) is 2. The van der Waals surface area contributed by atoms with Crippen LogP contribution in [0.1, 0.15) is 0 Å². The van der Waals surface area contributed by atoms with Gasteiger partial charge in [0.15, 0.2) is 0 Å². The first-order chi connectivity index (χ1) is 13.4. The van der Waals surface area contributed by atoms with E-state index in [9.17, 15) is 0 Å². The summed E-state index contributed by atoms with van der Waals surface area (Å²) < 4.78 is 5.80. The molecule has 2 aromatic carbocycles. The predicted octanol–water partition coefficient (Wildman–Crippen LogP) is 5.25. The Morgan fingerprint density at radius 1 is 0.889 bits per heavy atom. The Hall–Kier alpha value is -3.53. The largest absolute Gasteiger partial charge is 0.457 e. The average Bonchev–Trinajstić information content (AvgIpc) is 2.75. The minimum Gasteiger partial charge on any atom is -0.457 e. The minimum atomic E-state index is 0.783. The second kappa shape index (κ2) is 8.23. The molecule has 0 bridgehead atoms. The third-order valence-corrected chi connectivity index (χ3v) is 4.32. The molecule has 0 atom stereocenters. The van der Waals surface area contributed by atoms with Gasteiger partial charge in [0.1, 0.15) is 11.5 Å². The molecule has 1 aliphatic rings. The van der Waals surface area contributed by atoms with Crippen LogP contribution in [-0.2, 0) is 0 Å². The first-order valence-electron chi connectivity index (χ1n) is 8.96. The minimum absolute atomic E-state index is 0.783. The first kappa shape index (κ1) is 16.9. The van der Waals surface area contributed by atoms with E-state index < -0.39 is 0 Å². The molecule has 27 heavy (non-hydrogen) atoms. The van der Waals surface area contributed by atoms with Gasteiger partial charge in [0.25, 0.3) is 0 Å². The molecule has 0 aliphatic carbocycles. The van der Waals surface area contributed by atoms with Crippen molar-refractivity contribution < 1.29 is 4.74 Å². The zero-order valence-corrected chi connectivity index (χ0v) is 15.0. The van der Waals surface area contributed by atoms with Crippen LogP contribution in [0.3, 0.4) is 0 Å². The summed E-state index contributed by atoms with van der Waals surface area (Å²) in [5, 5.41) is 3.48. The molecular formula is C23H21N3O. The van der Waals surface area contributed by atoms with E-state index in [-0.39, 0.29) is 0 Å². The second-order valence-corrected chi connectivity index (χ2v) is 6.29. The molecule has 0 spiro atoms. The fraction of sp³-hybridized carbons (Fsp3) is 0.0870. The SMILES string of the molecule is C1=CN(c2ccccc2)CC(CNc2ccc(Oc3ccncc3)cc2)=C1. The smallest absolute Gasteiger partial charge is 0.130 e. The number of ether oxygens (including phenoxy) is 1. The van der Waals surface area contributed by atoms with Crippen LogP contribution in [0.15, 0.2) is 103 Å². The number of hydrogen-bond donors (Lipinski definition) is 1. The summed E-state index contributed by atoms with van der Waals surface area (Å²) in [6, 6.07) is 22.1. The Labute approximate surface area is 159 Å². The molecular weight excluding hydrogens is 334 g/mol. The van der Waals surface area contributed by atoms with Crippen LogP contribution in [0.25, 0.3) is 0 Å². The Bertz CT molecular complexity index is 919. The van der Waals surface area contributed by atoms with Crippen molar-refractivity contribution in [2.24, 2.45) is 0 Å². The van der Waals surface area contributed by atoms with Gasteiger partial charge in [-0.2, -0.15) is 0 Å². The monoisotopic (exact) mass is 355 g/mol. The van der Waals surface area contributed by atoms with Crippen LogP contribution >= 0.6 is 0 Å². The number of benzene rings is 2. The van der Waals surface area contributed by atoms with Gasteiger partial charge in [0.2, 0.25) is 0 Å². The lowest BCUT2D eigenvalue weighted by Crippen LogP contribution is -2.24. The first-order valence-corrected chi connectivity index (χ1v) is 8.96. The van der Waals surface area contributed by atoms with Crippen molar-refractivity contribution >= 4 is 11.4 Å². The van der Waals surface area contributed by atoms with Crippen molar-refractivity contribution in [3.8, 4) is 11.5 Å². The highest BCUT2D eigenvalue weighted by atomic mass is 16.5. The summed E-state index contributed by atoms with van der Waals surface area (Å²) in [6.07, 6.45) is 9.82. The summed E-state index contributed by atoms with van der Waals surface area (Å²) in [5.41, 5.74) is 3.61. The van der Waals surface area contributed by atoms with E-state index in [1.54, 1.807) is 12.4 Å². The molecule has 0 fully saturated rings. The fourth-order valence-corrected chi connectivity index (χ4v) is 2.92. The second-order valence-electron chi connectivity index (χ2n) is 6.29. The van der Waals surface area contributed by atoms with Crippen LogP contribution in [0.5, 0.6) is 11.5 Å². The molecule has 1 aromatic heterocycles. The summed E-state index contributed by atoms with van der Waals surface area (Å²) in [7, 11) is 0. The van der Waals surface area contributed by atoms with Crippen molar-refractivity contribution in [3.05, 3.63) is 103 Å². The molecule has 0 unspecified atom stereocenters. The molecule has 0 radical (unpaired) electrons. The summed E-state index contributed by atoms with van der Waals surface area (Å²) >= 11 is 0. The molecule has 1 aliphatic heterocycles. The third-order valence-electron chi connectivity index (χ3n) is 4.32. The highest BCUT2D eigenvalue weighted by Gasteiger charge is 2.09. The molecule has 4 nitrogen and oxygen atoms in total. The van der Waals surface area contributed by atoms with Gasteiger partial charge >= 0.3 is 0 Å². The van der Waals surface area contributed by atoms with E-state index in [1.165, 1.54) is 11.3 Å². The number of allylic oxidation sites excluding steroid dienone is 2. The van der Waals surface area contributed by atoms with Gasteiger partial charge in [-0.3, -0.25) is 4.98 Å². The quantitative estimate of drug-likeness (QED) is 0.656. The molecule has 3 aromatic rings. The summed E-state index contributed by atoms with van der Waals surface area (Å²) in [6.45, 7) is 1.69. The van der Waals surface area contributed by atoms with Gasteiger partial charge in [0.05, 0.1) is 0 Å². The van der Waals surface area contributed by atoms with Crippen molar-refractivity contribution in [2.75, 3.05) is 23.3 Å². The van der Waals surface area contributed by atoms with Crippen molar-refractivity contribution in [2.45, 2.75) is 0 Å². The van der Waals surface area contributed by atoms with E-state index in [0.29, 0.717) is 0 Å². The molecule has 1 N–H and O–H groups in total. The van der Waals surface area contributed by atoms with Gasteiger partial charge in [-0.25, -0.2) is 0 Å². The molecule has 2 heterocycles. The van der Waals surface area contributed by atoms with Crippen molar-refractivity contribution in [1.82, 2.24) is 4.98 Å². The van der Waals surface area contributed by atoms with Crippen LogP contribution in [0, 0.1) is 0 Å². The number of aromatic nitrogens is 1. The normalized spacial score (nSPS) is 13.2. The molecule has 4 heteroatoms. The molecule has 4 rings (SSSR count). The zero-order valence-electron chi connectivity index (χ0n) is 15.0. The van der Waals surface area contributed by atoms with Crippen LogP contribution in [0.4, 0.5) is 11.4 Å². The van der Waals surface area contributed by atoms with E-state index in [2.05, 4.69) is 57.8 Å². The zero-order chi connectivity index (χ0) is 18.3. The Balaban J connectivity index is 1.32. The lowest BCUT2D eigenvalue weighted by atomic mass is 10.1. The molecule has 134 valence electrons. The van der Waals surface area contributed by atoms with Gasteiger partial charge in [-0.15, -0.1) is 0 Å². The Morgan fingerprint density at radius 3 is 2.41 bits per heavy atom. The lowest BCUT2D eigenvalue weighted by Gasteiger charge is -2.25. The van der Waals surface area contributed by atoms with Gasteiger partial charge in [0, 0.05) is 43.1 Å².